The summed E-state index contributed by atoms with van der Waals surface area (Å²) in [6, 6.07) is 5.62. The fourth-order valence-corrected chi connectivity index (χ4v) is 1.37. The molecule has 0 radical (unpaired) electrons. The Morgan fingerprint density at radius 1 is 1.53 bits per heavy atom. The van der Waals surface area contributed by atoms with Gasteiger partial charge in [0.1, 0.15) is 12.4 Å². The number of ether oxygens (including phenoxy) is 1. The Balaban J connectivity index is 2.57. The van der Waals surface area contributed by atoms with Crippen molar-refractivity contribution >= 4 is 11.6 Å². The molecule has 0 saturated carbocycles. The molecule has 1 rings (SSSR count). The minimum atomic E-state index is 0.516. The van der Waals surface area contributed by atoms with E-state index in [-0.39, 0.29) is 0 Å². The van der Waals surface area contributed by atoms with Gasteiger partial charge in [0.2, 0.25) is 0 Å². The van der Waals surface area contributed by atoms with E-state index in [9.17, 15) is 0 Å². The zero-order valence-corrected chi connectivity index (χ0v) is 9.90. The summed E-state index contributed by atoms with van der Waals surface area (Å²) >= 11 is 5.88. The normalized spacial score (nSPS) is 10.1. The molecule has 0 atom stereocenters. The first kappa shape index (κ1) is 12.1. The Morgan fingerprint density at radius 2 is 2.27 bits per heavy atom. The quantitative estimate of drug-likeness (QED) is 0.779. The van der Waals surface area contributed by atoms with Crippen LogP contribution in [0.5, 0.6) is 5.75 Å². The average Bonchev–Trinajstić information content (AvgIpc) is 2.20. The van der Waals surface area contributed by atoms with Crippen molar-refractivity contribution in [1.29, 1.82) is 0 Å². The van der Waals surface area contributed by atoms with E-state index in [0.29, 0.717) is 11.6 Å². The highest BCUT2D eigenvalue weighted by Crippen LogP contribution is 2.22. The van der Waals surface area contributed by atoms with Crippen LogP contribution in [0.15, 0.2) is 30.4 Å². The van der Waals surface area contributed by atoms with Gasteiger partial charge in [-0.05, 0) is 37.2 Å². The third-order valence-corrected chi connectivity index (χ3v) is 2.24. The molecule has 0 bridgehead atoms. The summed E-state index contributed by atoms with van der Waals surface area (Å²) < 4.78 is 5.61. The van der Waals surface area contributed by atoms with Gasteiger partial charge in [-0.25, -0.2) is 0 Å². The van der Waals surface area contributed by atoms with Gasteiger partial charge in [0, 0.05) is 11.6 Å². The molecule has 1 aromatic rings. The second kappa shape index (κ2) is 5.79. The number of nitrogens with one attached hydrogen (secondary N) is 1. The van der Waals surface area contributed by atoms with Crippen molar-refractivity contribution in [2.75, 3.05) is 20.2 Å². The number of hydrogen-bond donors (Lipinski definition) is 1. The van der Waals surface area contributed by atoms with Gasteiger partial charge in [0.15, 0.2) is 0 Å². The molecule has 0 heterocycles. The molecule has 0 aliphatic carbocycles. The number of hydrogen-bond acceptors (Lipinski definition) is 2. The van der Waals surface area contributed by atoms with E-state index < -0.39 is 0 Å². The highest BCUT2D eigenvalue weighted by atomic mass is 35.5. The molecule has 15 heavy (non-hydrogen) atoms. The van der Waals surface area contributed by atoms with Crippen LogP contribution < -0.4 is 10.1 Å². The van der Waals surface area contributed by atoms with Crippen molar-refractivity contribution in [3.63, 3.8) is 0 Å². The summed E-state index contributed by atoms with van der Waals surface area (Å²) in [5, 5.41) is 3.71. The Hall–Kier alpha value is -0.990. The first-order valence-electron chi connectivity index (χ1n) is 4.83. The van der Waals surface area contributed by atoms with Gasteiger partial charge in [-0.15, -0.1) is 0 Å². The lowest BCUT2D eigenvalue weighted by Crippen LogP contribution is -2.14. The highest BCUT2D eigenvalue weighted by Gasteiger charge is 2.01. The van der Waals surface area contributed by atoms with Gasteiger partial charge in [-0.2, -0.15) is 0 Å². The maximum absolute atomic E-state index is 5.88. The first-order chi connectivity index (χ1) is 7.13. The standard InChI is InChI=1S/C12H16ClNO/c1-9(7-14-3)8-15-12-6-11(13)5-4-10(12)2/h4-6,14H,1,7-8H2,2-3H3. The monoisotopic (exact) mass is 225 g/mol. The molecule has 1 N–H and O–H groups in total. The van der Waals surface area contributed by atoms with Crippen LogP contribution in [0, 0.1) is 6.92 Å². The molecule has 0 unspecified atom stereocenters. The van der Waals surface area contributed by atoms with Gasteiger partial charge >= 0.3 is 0 Å². The Morgan fingerprint density at radius 3 is 2.93 bits per heavy atom. The van der Waals surface area contributed by atoms with Gasteiger partial charge in [-0.1, -0.05) is 24.2 Å². The van der Waals surface area contributed by atoms with Crippen LogP contribution in [-0.4, -0.2) is 20.2 Å². The molecule has 2 nitrogen and oxygen atoms in total. The summed E-state index contributed by atoms with van der Waals surface area (Å²) in [7, 11) is 1.88. The van der Waals surface area contributed by atoms with Crippen LogP contribution in [0.4, 0.5) is 0 Å². The van der Waals surface area contributed by atoms with Crippen molar-refractivity contribution in [3.05, 3.63) is 40.9 Å². The molecule has 0 fully saturated rings. The molecule has 82 valence electrons. The fourth-order valence-electron chi connectivity index (χ4n) is 1.21. The maximum Gasteiger partial charge on any atom is 0.124 e. The van der Waals surface area contributed by atoms with Crippen LogP contribution in [0.1, 0.15) is 5.56 Å². The van der Waals surface area contributed by atoms with Crippen molar-refractivity contribution in [2.24, 2.45) is 0 Å². The predicted molar refractivity (Wildman–Crippen MR) is 64.8 cm³/mol. The molecule has 0 saturated heterocycles. The van der Waals surface area contributed by atoms with Crippen LogP contribution in [0.3, 0.4) is 0 Å². The summed E-state index contributed by atoms with van der Waals surface area (Å²) in [4.78, 5) is 0. The molecule has 0 aliphatic rings. The lowest BCUT2D eigenvalue weighted by atomic mass is 10.2. The second-order valence-electron chi connectivity index (χ2n) is 3.48. The van der Waals surface area contributed by atoms with E-state index in [0.717, 1.165) is 23.4 Å². The molecule has 0 spiro atoms. The summed E-state index contributed by atoms with van der Waals surface area (Å²) in [6.07, 6.45) is 0. The van der Waals surface area contributed by atoms with E-state index in [1.807, 2.05) is 32.2 Å². The fraction of sp³-hybridized carbons (Fsp3) is 0.333. The number of aryl methyl sites for hydroxylation is 1. The SMILES string of the molecule is C=C(CNC)COc1cc(Cl)ccc1C. The number of likely N-dealkylation sites (N-methyl/N-ethyl adjacent to an activating group) is 1. The van der Waals surface area contributed by atoms with Crippen molar-refractivity contribution in [2.45, 2.75) is 6.92 Å². The Bertz CT molecular complexity index is 349. The van der Waals surface area contributed by atoms with Crippen LogP contribution >= 0.6 is 11.6 Å². The molecule has 0 aliphatic heterocycles. The van der Waals surface area contributed by atoms with E-state index >= 15 is 0 Å². The number of rotatable bonds is 5. The average molecular weight is 226 g/mol. The second-order valence-corrected chi connectivity index (χ2v) is 3.92. The highest BCUT2D eigenvalue weighted by molar-refractivity contribution is 6.30. The predicted octanol–water partition coefficient (Wildman–Crippen LogP) is 2.80. The summed E-state index contributed by atoms with van der Waals surface area (Å²) in [5.74, 6) is 0.819. The van der Waals surface area contributed by atoms with Gasteiger partial charge in [0.25, 0.3) is 0 Å². The topological polar surface area (TPSA) is 21.3 Å². The van der Waals surface area contributed by atoms with Crippen molar-refractivity contribution < 1.29 is 4.74 Å². The van der Waals surface area contributed by atoms with Crippen LogP contribution in [0.25, 0.3) is 0 Å². The smallest absolute Gasteiger partial charge is 0.124 e. The van der Waals surface area contributed by atoms with Gasteiger partial charge in [0.05, 0.1) is 0 Å². The zero-order chi connectivity index (χ0) is 11.3. The lowest BCUT2D eigenvalue weighted by Gasteiger charge is -2.10. The maximum atomic E-state index is 5.88. The molecule has 3 heteroatoms. The van der Waals surface area contributed by atoms with Crippen LogP contribution in [-0.2, 0) is 0 Å². The summed E-state index contributed by atoms with van der Waals surface area (Å²) in [5.41, 5.74) is 2.09. The molecule has 0 aromatic heterocycles. The third-order valence-electron chi connectivity index (χ3n) is 2.01. The summed E-state index contributed by atoms with van der Waals surface area (Å²) in [6.45, 7) is 7.16. The van der Waals surface area contributed by atoms with Crippen molar-refractivity contribution in [1.82, 2.24) is 5.32 Å². The number of halogens is 1. The molecule has 0 amide bonds. The van der Waals surface area contributed by atoms with E-state index in [1.54, 1.807) is 0 Å². The Labute approximate surface area is 95.9 Å². The minimum absolute atomic E-state index is 0.516. The van der Waals surface area contributed by atoms with Gasteiger partial charge in [-0.3, -0.25) is 0 Å². The molecular formula is C12H16ClNO. The lowest BCUT2D eigenvalue weighted by molar-refractivity contribution is 0.347. The van der Waals surface area contributed by atoms with Gasteiger partial charge < -0.3 is 10.1 Å². The third kappa shape index (κ3) is 3.94. The zero-order valence-electron chi connectivity index (χ0n) is 9.14. The largest absolute Gasteiger partial charge is 0.489 e. The minimum Gasteiger partial charge on any atom is -0.489 e. The van der Waals surface area contributed by atoms with E-state index in [2.05, 4.69) is 11.9 Å². The van der Waals surface area contributed by atoms with E-state index in [4.69, 9.17) is 16.3 Å². The Kier molecular flexibility index (Phi) is 4.66. The molecular weight excluding hydrogens is 210 g/mol. The van der Waals surface area contributed by atoms with Crippen molar-refractivity contribution in [3.8, 4) is 5.75 Å². The van der Waals surface area contributed by atoms with Crippen LogP contribution in [0.2, 0.25) is 5.02 Å². The molecule has 1 aromatic carbocycles. The number of benzene rings is 1. The van der Waals surface area contributed by atoms with E-state index in [1.165, 1.54) is 0 Å². The first-order valence-corrected chi connectivity index (χ1v) is 5.21.